The van der Waals surface area contributed by atoms with E-state index in [1.165, 1.54) is 0 Å². The van der Waals surface area contributed by atoms with Crippen molar-refractivity contribution in [2.24, 2.45) is 0 Å². The van der Waals surface area contributed by atoms with Crippen LogP contribution in [0.4, 0.5) is 5.69 Å². The van der Waals surface area contributed by atoms with Crippen molar-refractivity contribution in [3.63, 3.8) is 0 Å². The van der Waals surface area contributed by atoms with Crippen LogP contribution in [0.25, 0.3) is 22.6 Å². The van der Waals surface area contributed by atoms with E-state index in [1.54, 1.807) is 13.2 Å². The standard InChI is InChI=1S/C22H27BrN6O2/c1-13-10-14(4-5-17(13)31-12-18(30)24-2)21-27-20-19(16(23)11-25-22(20)28-21)26-15-6-8-29(3)9-7-15/h4-5,10-11,15H,6-9,12H2,1-3H3,(H,24,30)(H2,25,26,27,28). The molecular weight excluding hydrogens is 460 g/mol. The summed E-state index contributed by atoms with van der Waals surface area (Å²) in [5, 5.41) is 6.24. The first kappa shape index (κ1) is 21.6. The highest BCUT2D eigenvalue weighted by molar-refractivity contribution is 9.10. The third-order valence-corrected chi connectivity index (χ3v) is 6.23. The number of fused-ring (bicyclic) bond motifs is 1. The van der Waals surface area contributed by atoms with Crippen molar-refractivity contribution in [3.8, 4) is 17.1 Å². The van der Waals surface area contributed by atoms with E-state index < -0.39 is 0 Å². The number of aromatic nitrogens is 3. The van der Waals surface area contributed by atoms with Gasteiger partial charge in [-0.15, -0.1) is 0 Å². The number of rotatable bonds is 6. The molecular formula is C22H27BrN6O2. The number of likely N-dealkylation sites (N-methyl/N-ethyl adjacent to an activating group) is 1. The number of amides is 1. The summed E-state index contributed by atoms with van der Waals surface area (Å²) >= 11 is 3.65. The van der Waals surface area contributed by atoms with Crippen molar-refractivity contribution in [1.29, 1.82) is 0 Å². The van der Waals surface area contributed by atoms with E-state index in [2.05, 4.69) is 48.5 Å². The van der Waals surface area contributed by atoms with Crippen LogP contribution in [-0.2, 0) is 4.79 Å². The van der Waals surface area contributed by atoms with E-state index in [4.69, 9.17) is 9.72 Å². The van der Waals surface area contributed by atoms with Gasteiger partial charge in [0, 0.05) is 24.8 Å². The fraction of sp³-hybridized carbons (Fsp3) is 0.409. The molecule has 0 bridgehead atoms. The number of anilines is 1. The number of nitrogens with one attached hydrogen (secondary N) is 3. The highest BCUT2D eigenvalue weighted by Crippen LogP contribution is 2.33. The number of benzene rings is 1. The Labute approximate surface area is 189 Å². The molecule has 1 amide bonds. The highest BCUT2D eigenvalue weighted by Gasteiger charge is 2.20. The van der Waals surface area contributed by atoms with Gasteiger partial charge in [-0.3, -0.25) is 4.79 Å². The molecule has 164 valence electrons. The van der Waals surface area contributed by atoms with Crippen LogP contribution in [0, 0.1) is 6.92 Å². The molecule has 2 aromatic heterocycles. The second kappa shape index (κ2) is 9.23. The number of carbonyl (C=O) groups excluding carboxylic acids is 1. The van der Waals surface area contributed by atoms with Gasteiger partial charge >= 0.3 is 0 Å². The molecule has 3 aromatic rings. The van der Waals surface area contributed by atoms with Crippen molar-refractivity contribution in [2.75, 3.05) is 39.1 Å². The zero-order valence-corrected chi connectivity index (χ0v) is 19.5. The SMILES string of the molecule is CNC(=O)COc1ccc(-c2nc3ncc(Br)c(NC4CCN(C)CC4)c3[nH]2)cc1C. The predicted molar refractivity (Wildman–Crippen MR) is 125 cm³/mol. The Morgan fingerprint density at radius 2 is 2.13 bits per heavy atom. The summed E-state index contributed by atoms with van der Waals surface area (Å²) in [6.45, 7) is 4.12. The molecule has 0 saturated carbocycles. The van der Waals surface area contributed by atoms with Gasteiger partial charge < -0.3 is 25.3 Å². The van der Waals surface area contributed by atoms with Crippen molar-refractivity contribution in [1.82, 2.24) is 25.2 Å². The maximum absolute atomic E-state index is 11.4. The van der Waals surface area contributed by atoms with Crippen LogP contribution in [0.2, 0.25) is 0 Å². The molecule has 1 aliphatic heterocycles. The molecule has 1 saturated heterocycles. The minimum atomic E-state index is -0.165. The Morgan fingerprint density at radius 3 is 2.84 bits per heavy atom. The normalized spacial score (nSPS) is 15.2. The van der Waals surface area contributed by atoms with Gasteiger partial charge in [0.2, 0.25) is 0 Å². The maximum Gasteiger partial charge on any atom is 0.257 e. The fourth-order valence-corrected chi connectivity index (χ4v) is 4.16. The van der Waals surface area contributed by atoms with Crippen LogP contribution in [0.5, 0.6) is 5.75 Å². The molecule has 4 rings (SSSR count). The summed E-state index contributed by atoms with van der Waals surface area (Å²) in [7, 11) is 3.75. The molecule has 0 radical (unpaired) electrons. The molecule has 9 heteroatoms. The first-order chi connectivity index (χ1) is 14.9. The number of pyridine rings is 1. The Kier molecular flexibility index (Phi) is 6.43. The number of nitrogens with zero attached hydrogens (tertiary/aromatic N) is 3. The van der Waals surface area contributed by atoms with E-state index in [1.807, 2.05) is 25.1 Å². The summed E-state index contributed by atoms with van der Waals surface area (Å²) in [5.41, 5.74) is 4.43. The van der Waals surface area contributed by atoms with Crippen molar-refractivity contribution < 1.29 is 9.53 Å². The molecule has 0 spiro atoms. The molecule has 0 aliphatic carbocycles. The number of H-pyrrole nitrogens is 1. The molecule has 0 atom stereocenters. The zero-order chi connectivity index (χ0) is 22.0. The molecule has 3 heterocycles. The summed E-state index contributed by atoms with van der Waals surface area (Å²) in [5.74, 6) is 1.25. The van der Waals surface area contributed by atoms with E-state index in [0.29, 0.717) is 17.4 Å². The number of aryl methyl sites for hydroxylation is 1. The number of piperidine rings is 1. The maximum atomic E-state index is 11.4. The first-order valence-corrected chi connectivity index (χ1v) is 11.2. The van der Waals surface area contributed by atoms with Gasteiger partial charge in [-0.1, -0.05) is 0 Å². The quantitative estimate of drug-likeness (QED) is 0.494. The van der Waals surface area contributed by atoms with Crippen molar-refractivity contribution in [3.05, 3.63) is 34.4 Å². The smallest absolute Gasteiger partial charge is 0.257 e. The molecule has 8 nitrogen and oxygen atoms in total. The van der Waals surface area contributed by atoms with Crippen LogP contribution in [-0.4, -0.2) is 65.6 Å². The number of hydrogen-bond acceptors (Lipinski definition) is 6. The van der Waals surface area contributed by atoms with E-state index in [0.717, 1.165) is 58.6 Å². The van der Waals surface area contributed by atoms with Crippen molar-refractivity contribution in [2.45, 2.75) is 25.8 Å². The average molecular weight is 487 g/mol. The van der Waals surface area contributed by atoms with Crippen LogP contribution in [0.3, 0.4) is 0 Å². The Balaban J connectivity index is 1.59. The third-order valence-electron chi connectivity index (χ3n) is 5.63. The van der Waals surface area contributed by atoms with E-state index in [-0.39, 0.29) is 12.5 Å². The molecule has 1 fully saturated rings. The number of ether oxygens (including phenoxy) is 1. The van der Waals surface area contributed by atoms with E-state index >= 15 is 0 Å². The van der Waals surface area contributed by atoms with Gasteiger partial charge in [-0.25, -0.2) is 9.97 Å². The van der Waals surface area contributed by atoms with Crippen LogP contribution >= 0.6 is 15.9 Å². The fourth-order valence-electron chi connectivity index (χ4n) is 3.74. The third kappa shape index (κ3) is 4.83. The van der Waals surface area contributed by atoms with Gasteiger partial charge in [0.1, 0.15) is 17.1 Å². The van der Waals surface area contributed by atoms with Crippen LogP contribution in [0.15, 0.2) is 28.9 Å². The molecule has 31 heavy (non-hydrogen) atoms. The zero-order valence-electron chi connectivity index (χ0n) is 18.0. The number of halogens is 1. The lowest BCUT2D eigenvalue weighted by molar-refractivity contribution is -0.122. The number of likely N-dealkylation sites (tertiary alicyclic amines) is 1. The molecule has 1 aliphatic rings. The van der Waals surface area contributed by atoms with E-state index in [9.17, 15) is 4.79 Å². The van der Waals surface area contributed by atoms with Gasteiger partial charge in [-0.05, 0) is 79.6 Å². The average Bonchev–Trinajstić information content (AvgIpc) is 3.20. The van der Waals surface area contributed by atoms with Gasteiger partial charge in [0.25, 0.3) is 5.91 Å². The number of imidazole rings is 1. The lowest BCUT2D eigenvalue weighted by Crippen LogP contribution is -2.36. The topological polar surface area (TPSA) is 95.2 Å². The van der Waals surface area contributed by atoms with Gasteiger partial charge in [0.05, 0.1) is 10.2 Å². The molecule has 3 N–H and O–H groups in total. The van der Waals surface area contributed by atoms with Gasteiger partial charge in [-0.2, -0.15) is 0 Å². The monoisotopic (exact) mass is 486 g/mol. The van der Waals surface area contributed by atoms with Crippen LogP contribution < -0.4 is 15.4 Å². The van der Waals surface area contributed by atoms with Gasteiger partial charge in [0.15, 0.2) is 12.3 Å². The number of carbonyl (C=O) groups is 1. The second-order valence-corrected chi connectivity index (χ2v) is 8.78. The summed E-state index contributed by atoms with van der Waals surface area (Å²) in [6, 6.07) is 6.21. The van der Waals surface area contributed by atoms with Crippen molar-refractivity contribution >= 4 is 38.7 Å². The summed E-state index contributed by atoms with van der Waals surface area (Å²) in [6.07, 6.45) is 4.00. The predicted octanol–water partition coefficient (Wildman–Crippen LogP) is 3.33. The summed E-state index contributed by atoms with van der Waals surface area (Å²) < 4.78 is 6.51. The Hall–Kier alpha value is -2.65. The minimum Gasteiger partial charge on any atom is -0.484 e. The Morgan fingerprint density at radius 1 is 1.35 bits per heavy atom. The second-order valence-electron chi connectivity index (χ2n) is 7.93. The number of hydrogen-bond donors (Lipinski definition) is 3. The molecule has 0 unspecified atom stereocenters. The lowest BCUT2D eigenvalue weighted by Gasteiger charge is -2.30. The molecule has 1 aromatic carbocycles. The largest absolute Gasteiger partial charge is 0.484 e. The van der Waals surface area contributed by atoms with Crippen LogP contribution in [0.1, 0.15) is 18.4 Å². The highest BCUT2D eigenvalue weighted by atomic mass is 79.9. The number of aromatic amines is 1. The first-order valence-electron chi connectivity index (χ1n) is 10.4. The Bertz CT molecular complexity index is 1090. The summed E-state index contributed by atoms with van der Waals surface area (Å²) in [4.78, 5) is 26.4. The minimum absolute atomic E-state index is 0.00867. The lowest BCUT2D eigenvalue weighted by atomic mass is 10.1.